The molecule has 1 aromatic carbocycles. The van der Waals surface area contributed by atoms with E-state index in [2.05, 4.69) is 32.0 Å². The number of allylic oxidation sites excluding steroid dienone is 1. The van der Waals surface area contributed by atoms with E-state index in [1.807, 2.05) is 31.3 Å². The predicted molar refractivity (Wildman–Crippen MR) is 124 cm³/mol. The van der Waals surface area contributed by atoms with Crippen molar-refractivity contribution >= 4 is 17.2 Å². The van der Waals surface area contributed by atoms with Crippen molar-refractivity contribution in [2.75, 3.05) is 33.2 Å². The number of benzene rings is 1. The molecular formula is C24H25FN6O. The van der Waals surface area contributed by atoms with Crippen LogP contribution in [0.15, 0.2) is 59.0 Å². The van der Waals surface area contributed by atoms with E-state index in [1.54, 1.807) is 22.7 Å². The fourth-order valence-electron chi connectivity index (χ4n) is 4.13. The topological polar surface area (TPSA) is 68.7 Å². The van der Waals surface area contributed by atoms with Gasteiger partial charge in [-0.3, -0.25) is 0 Å². The Morgan fingerprint density at radius 1 is 1.00 bits per heavy atom. The van der Waals surface area contributed by atoms with E-state index in [-0.39, 0.29) is 5.75 Å². The van der Waals surface area contributed by atoms with Crippen molar-refractivity contribution in [3.8, 4) is 16.9 Å². The van der Waals surface area contributed by atoms with E-state index in [0.717, 1.165) is 37.7 Å². The third kappa shape index (κ3) is 3.89. The van der Waals surface area contributed by atoms with Crippen LogP contribution < -0.4 is 0 Å². The minimum Gasteiger partial charge on any atom is -0.507 e. The number of hydrogen-bond acceptors (Lipinski definition) is 6. The van der Waals surface area contributed by atoms with E-state index in [4.69, 9.17) is 0 Å². The highest BCUT2D eigenvalue weighted by molar-refractivity contribution is 6.11. The number of halogens is 1. The summed E-state index contributed by atoms with van der Waals surface area (Å²) in [4.78, 5) is 8.76. The zero-order valence-corrected chi connectivity index (χ0v) is 18.2. The second kappa shape index (κ2) is 8.20. The Labute approximate surface area is 185 Å². The lowest BCUT2D eigenvalue weighted by atomic mass is 10.0. The van der Waals surface area contributed by atoms with Crippen molar-refractivity contribution in [2.45, 2.75) is 13.3 Å². The van der Waals surface area contributed by atoms with Crippen molar-refractivity contribution in [3.63, 3.8) is 0 Å². The van der Waals surface area contributed by atoms with Crippen LogP contribution in [0.5, 0.6) is 5.75 Å². The molecule has 0 spiro atoms. The van der Waals surface area contributed by atoms with Gasteiger partial charge in [0.2, 0.25) is 0 Å². The van der Waals surface area contributed by atoms with Crippen LogP contribution in [0, 0.1) is 12.7 Å². The number of imidazole rings is 1. The average Bonchev–Trinajstić information content (AvgIpc) is 3.00. The first-order valence-electron chi connectivity index (χ1n) is 10.7. The zero-order valence-electron chi connectivity index (χ0n) is 18.2. The molecule has 7 nitrogen and oxygen atoms in total. The van der Waals surface area contributed by atoms with Gasteiger partial charge >= 0.3 is 0 Å². The molecule has 3 aromatic rings. The number of aromatic nitrogens is 2. The Bertz CT molecular complexity index is 1270. The molecular weight excluding hydrogens is 407 g/mol. The van der Waals surface area contributed by atoms with Gasteiger partial charge in [-0.15, -0.1) is 10.2 Å². The van der Waals surface area contributed by atoms with Crippen molar-refractivity contribution in [1.82, 2.24) is 19.2 Å². The maximum atomic E-state index is 14.5. The lowest BCUT2D eigenvalue weighted by Crippen LogP contribution is -2.47. The largest absolute Gasteiger partial charge is 0.507 e. The van der Waals surface area contributed by atoms with Gasteiger partial charge in [-0.1, -0.05) is 12.1 Å². The van der Waals surface area contributed by atoms with Gasteiger partial charge in [-0.2, -0.15) is 0 Å². The van der Waals surface area contributed by atoms with E-state index in [9.17, 15) is 9.50 Å². The number of fused-ring (bicyclic) bond motifs is 1. The first-order chi connectivity index (χ1) is 15.5. The van der Waals surface area contributed by atoms with E-state index in [0.29, 0.717) is 34.5 Å². The second-order valence-corrected chi connectivity index (χ2v) is 8.32. The number of rotatable bonds is 2. The van der Waals surface area contributed by atoms with Gasteiger partial charge in [0.05, 0.1) is 11.4 Å². The van der Waals surface area contributed by atoms with Gasteiger partial charge in [0.25, 0.3) is 0 Å². The molecule has 1 fully saturated rings. The molecule has 1 N–H and O–H groups in total. The smallest absolute Gasteiger partial charge is 0.173 e. The summed E-state index contributed by atoms with van der Waals surface area (Å²) in [6.45, 7) is 5.71. The molecule has 5 rings (SSSR count). The van der Waals surface area contributed by atoms with Gasteiger partial charge in [0, 0.05) is 56.1 Å². The fraction of sp³-hybridized carbons (Fsp3) is 0.292. The standard InChI is InChI=1S/C24H25FN6O/c1-16-14-31-15-18(12-20(25)24(31)26-16)17-6-7-19(22(32)13-17)21-4-3-5-23(28-27-21)30-10-8-29(2)9-11-30/h3-4,6-7,12-15,32H,5,8-11H2,1-2H3. The Morgan fingerprint density at radius 2 is 1.81 bits per heavy atom. The van der Waals surface area contributed by atoms with Crippen LogP contribution in [0.3, 0.4) is 0 Å². The molecule has 0 unspecified atom stereocenters. The Hall–Kier alpha value is -3.52. The highest BCUT2D eigenvalue weighted by Gasteiger charge is 2.19. The summed E-state index contributed by atoms with van der Waals surface area (Å²) in [7, 11) is 2.12. The van der Waals surface area contributed by atoms with Crippen LogP contribution in [0.25, 0.3) is 16.8 Å². The average molecular weight is 433 g/mol. The van der Waals surface area contributed by atoms with Crippen LogP contribution in [-0.2, 0) is 0 Å². The summed E-state index contributed by atoms with van der Waals surface area (Å²) in [6, 6.07) is 6.72. The van der Waals surface area contributed by atoms with Gasteiger partial charge in [0.1, 0.15) is 11.6 Å². The van der Waals surface area contributed by atoms with Gasteiger partial charge in [-0.25, -0.2) is 9.37 Å². The Morgan fingerprint density at radius 3 is 2.59 bits per heavy atom. The number of pyridine rings is 1. The van der Waals surface area contributed by atoms with Gasteiger partial charge in [-0.05, 0) is 43.8 Å². The van der Waals surface area contributed by atoms with Crippen LogP contribution in [0.2, 0.25) is 0 Å². The number of phenolic OH excluding ortho intramolecular Hbond substituents is 1. The summed E-state index contributed by atoms with van der Waals surface area (Å²) in [5, 5.41) is 19.6. The molecule has 0 saturated carbocycles. The quantitative estimate of drug-likeness (QED) is 0.673. The van der Waals surface area contributed by atoms with Crippen LogP contribution >= 0.6 is 0 Å². The number of hydrogen-bond donors (Lipinski definition) is 1. The number of piperazine rings is 1. The molecule has 0 radical (unpaired) electrons. The number of amidine groups is 1. The molecule has 2 aliphatic rings. The summed E-state index contributed by atoms with van der Waals surface area (Å²) < 4.78 is 16.1. The molecule has 1 saturated heterocycles. The van der Waals surface area contributed by atoms with Crippen molar-refractivity contribution in [3.05, 3.63) is 65.9 Å². The summed E-state index contributed by atoms with van der Waals surface area (Å²) in [5.41, 5.74) is 3.59. The maximum Gasteiger partial charge on any atom is 0.173 e. The minimum atomic E-state index is -0.402. The summed E-state index contributed by atoms with van der Waals surface area (Å²) >= 11 is 0. The van der Waals surface area contributed by atoms with Crippen molar-refractivity contribution < 1.29 is 9.50 Å². The van der Waals surface area contributed by atoms with Gasteiger partial charge in [0.15, 0.2) is 11.5 Å². The lowest BCUT2D eigenvalue weighted by Gasteiger charge is -2.33. The second-order valence-electron chi connectivity index (χ2n) is 8.32. The van der Waals surface area contributed by atoms with E-state index < -0.39 is 5.82 Å². The van der Waals surface area contributed by atoms with Crippen molar-refractivity contribution in [2.24, 2.45) is 10.2 Å². The highest BCUT2D eigenvalue weighted by Crippen LogP contribution is 2.29. The SMILES string of the molecule is Cc1cn2cc(-c3ccc(C4=NN=C(N5CCN(C)CC5)CC=C4)c(O)c3)cc(F)c2n1. The molecule has 8 heteroatoms. The number of nitrogens with zero attached hydrogens (tertiary/aromatic N) is 6. The first kappa shape index (κ1) is 20.4. The molecule has 2 aliphatic heterocycles. The zero-order chi connectivity index (χ0) is 22.2. The Balaban J connectivity index is 1.43. The predicted octanol–water partition coefficient (Wildman–Crippen LogP) is 3.46. The minimum absolute atomic E-state index is 0.0754. The van der Waals surface area contributed by atoms with Crippen molar-refractivity contribution in [1.29, 1.82) is 0 Å². The van der Waals surface area contributed by atoms with Crippen LogP contribution in [0.4, 0.5) is 4.39 Å². The normalized spacial score (nSPS) is 17.4. The third-order valence-electron chi connectivity index (χ3n) is 5.95. The number of phenols is 1. The molecule has 2 aromatic heterocycles. The first-order valence-corrected chi connectivity index (χ1v) is 10.7. The molecule has 32 heavy (non-hydrogen) atoms. The monoisotopic (exact) mass is 432 g/mol. The summed E-state index contributed by atoms with van der Waals surface area (Å²) in [5.74, 6) is 0.618. The fourth-order valence-corrected chi connectivity index (χ4v) is 4.13. The molecule has 0 atom stereocenters. The number of likely N-dealkylation sites (N-methyl/N-ethyl adjacent to an activating group) is 1. The van der Waals surface area contributed by atoms with Crippen LogP contribution in [-0.4, -0.2) is 69.1 Å². The maximum absolute atomic E-state index is 14.5. The molecule has 164 valence electrons. The molecule has 0 amide bonds. The van der Waals surface area contributed by atoms with E-state index >= 15 is 0 Å². The Kier molecular flexibility index (Phi) is 5.22. The van der Waals surface area contributed by atoms with Crippen LogP contribution in [0.1, 0.15) is 17.7 Å². The highest BCUT2D eigenvalue weighted by atomic mass is 19.1. The molecule has 4 heterocycles. The molecule has 0 bridgehead atoms. The summed E-state index contributed by atoms with van der Waals surface area (Å²) in [6.07, 6.45) is 8.21. The number of aryl methyl sites for hydroxylation is 1. The number of aromatic hydroxyl groups is 1. The van der Waals surface area contributed by atoms with E-state index in [1.165, 1.54) is 6.07 Å². The molecule has 0 aliphatic carbocycles. The third-order valence-corrected chi connectivity index (χ3v) is 5.95. The lowest BCUT2D eigenvalue weighted by molar-refractivity contribution is 0.213. The van der Waals surface area contributed by atoms with Gasteiger partial charge < -0.3 is 19.3 Å².